The lowest BCUT2D eigenvalue weighted by Gasteiger charge is -2.36. The summed E-state index contributed by atoms with van der Waals surface area (Å²) in [5.74, 6) is 0.910. The number of rotatable bonds is 2. The number of ether oxygens (including phenoxy) is 1. The normalized spacial score (nSPS) is 25.5. The topological polar surface area (TPSA) is 42.4 Å². The van der Waals surface area contributed by atoms with E-state index < -0.39 is 0 Å². The minimum Gasteiger partial charge on any atom is -0.372 e. The van der Waals surface area contributed by atoms with Crippen LogP contribution in [0, 0.1) is 0 Å². The average Bonchev–Trinajstić information content (AvgIpc) is 2.28. The summed E-state index contributed by atoms with van der Waals surface area (Å²) in [7, 11) is 0. The number of morpholine rings is 1. The Kier molecular flexibility index (Phi) is 3.19. The Morgan fingerprint density at radius 1 is 1.38 bits per heavy atom. The van der Waals surface area contributed by atoms with E-state index in [-0.39, 0.29) is 12.2 Å². The fourth-order valence-corrected chi connectivity index (χ4v) is 2.02. The predicted octanol–water partition coefficient (Wildman–Crippen LogP) is 1.51. The Labute approximate surface area is 95.2 Å². The number of carbonyl (C=O) groups excluding carboxylic acids is 1. The molecule has 1 aromatic heterocycles. The van der Waals surface area contributed by atoms with E-state index in [1.807, 2.05) is 6.07 Å². The third-order valence-corrected chi connectivity index (χ3v) is 2.65. The average molecular weight is 220 g/mol. The molecule has 0 spiro atoms. The maximum Gasteiger partial charge on any atom is 0.151 e. The number of anilines is 1. The van der Waals surface area contributed by atoms with Crippen molar-refractivity contribution < 1.29 is 9.53 Å². The van der Waals surface area contributed by atoms with Gasteiger partial charge in [-0.15, -0.1) is 0 Å². The van der Waals surface area contributed by atoms with Crippen molar-refractivity contribution in [1.29, 1.82) is 0 Å². The van der Waals surface area contributed by atoms with Crippen LogP contribution in [0.15, 0.2) is 18.3 Å². The van der Waals surface area contributed by atoms with Crippen LogP contribution < -0.4 is 4.90 Å². The Bertz CT molecular complexity index is 354. The molecule has 0 aromatic carbocycles. The number of pyridine rings is 1. The van der Waals surface area contributed by atoms with Gasteiger partial charge in [-0.1, -0.05) is 0 Å². The van der Waals surface area contributed by atoms with Gasteiger partial charge in [0.25, 0.3) is 0 Å². The Morgan fingerprint density at radius 2 is 2.06 bits per heavy atom. The van der Waals surface area contributed by atoms with Gasteiger partial charge < -0.3 is 9.64 Å². The third-order valence-electron chi connectivity index (χ3n) is 2.65. The molecule has 0 unspecified atom stereocenters. The highest BCUT2D eigenvalue weighted by Gasteiger charge is 2.22. The number of aromatic nitrogens is 1. The molecule has 2 rings (SSSR count). The maximum atomic E-state index is 10.5. The summed E-state index contributed by atoms with van der Waals surface area (Å²) in [5, 5.41) is 0. The smallest absolute Gasteiger partial charge is 0.151 e. The number of hydrogen-bond donors (Lipinski definition) is 0. The molecule has 4 nitrogen and oxygen atoms in total. The first-order valence-electron chi connectivity index (χ1n) is 5.50. The SMILES string of the molecule is C[C@@H]1CN(c2ccc(C=O)cn2)C[C@H](C)O1. The molecule has 1 aliphatic rings. The van der Waals surface area contributed by atoms with Crippen LogP contribution in [0.5, 0.6) is 0 Å². The quantitative estimate of drug-likeness (QED) is 0.708. The maximum absolute atomic E-state index is 10.5. The number of carbonyl (C=O) groups is 1. The van der Waals surface area contributed by atoms with Gasteiger partial charge in [0, 0.05) is 24.8 Å². The van der Waals surface area contributed by atoms with E-state index in [1.165, 1.54) is 0 Å². The Balaban J connectivity index is 2.13. The lowest BCUT2D eigenvalue weighted by atomic mass is 10.2. The zero-order chi connectivity index (χ0) is 11.5. The zero-order valence-electron chi connectivity index (χ0n) is 9.59. The predicted molar refractivity (Wildman–Crippen MR) is 61.8 cm³/mol. The van der Waals surface area contributed by atoms with Gasteiger partial charge in [-0.25, -0.2) is 4.98 Å². The number of nitrogens with zero attached hydrogens (tertiary/aromatic N) is 2. The minimum atomic E-state index is 0.219. The van der Waals surface area contributed by atoms with E-state index in [1.54, 1.807) is 12.3 Å². The highest BCUT2D eigenvalue weighted by atomic mass is 16.5. The van der Waals surface area contributed by atoms with Crippen LogP contribution in [0.3, 0.4) is 0 Å². The molecule has 4 heteroatoms. The van der Waals surface area contributed by atoms with Gasteiger partial charge in [0.2, 0.25) is 0 Å². The van der Waals surface area contributed by atoms with Gasteiger partial charge in [-0.05, 0) is 26.0 Å². The van der Waals surface area contributed by atoms with E-state index in [0.717, 1.165) is 25.2 Å². The second-order valence-electron chi connectivity index (χ2n) is 4.23. The summed E-state index contributed by atoms with van der Waals surface area (Å²) in [4.78, 5) is 17.0. The summed E-state index contributed by atoms with van der Waals surface area (Å²) in [6.07, 6.45) is 2.85. The lowest BCUT2D eigenvalue weighted by Crippen LogP contribution is -2.45. The van der Waals surface area contributed by atoms with E-state index in [4.69, 9.17) is 4.74 Å². The lowest BCUT2D eigenvalue weighted by molar-refractivity contribution is -0.00546. The molecule has 0 saturated carbocycles. The Hall–Kier alpha value is -1.42. The summed E-state index contributed by atoms with van der Waals surface area (Å²) < 4.78 is 5.66. The molecule has 1 fully saturated rings. The molecule has 1 aromatic rings. The summed E-state index contributed by atoms with van der Waals surface area (Å²) in [6, 6.07) is 3.68. The molecule has 86 valence electrons. The molecule has 1 saturated heterocycles. The van der Waals surface area contributed by atoms with Crippen LogP contribution >= 0.6 is 0 Å². The monoisotopic (exact) mass is 220 g/mol. The molecule has 2 atom stereocenters. The summed E-state index contributed by atoms with van der Waals surface area (Å²) >= 11 is 0. The van der Waals surface area contributed by atoms with Crippen molar-refractivity contribution in [3.63, 3.8) is 0 Å². The Morgan fingerprint density at radius 3 is 2.56 bits per heavy atom. The van der Waals surface area contributed by atoms with Crippen LogP contribution in [0.4, 0.5) is 5.82 Å². The van der Waals surface area contributed by atoms with Crippen LogP contribution in [0.2, 0.25) is 0 Å². The second kappa shape index (κ2) is 4.61. The second-order valence-corrected chi connectivity index (χ2v) is 4.23. The molecule has 0 aliphatic carbocycles. The van der Waals surface area contributed by atoms with Gasteiger partial charge in [0.1, 0.15) is 5.82 Å². The van der Waals surface area contributed by atoms with Crippen molar-refractivity contribution in [2.75, 3.05) is 18.0 Å². The van der Waals surface area contributed by atoms with Gasteiger partial charge in [-0.3, -0.25) is 4.79 Å². The number of aldehydes is 1. The van der Waals surface area contributed by atoms with E-state index in [0.29, 0.717) is 5.56 Å². The number of hydrogen-bond acceptors (Lipinski definition) is 4. The molecule has 1 aliphatic heterocycles. The molecule has 0 amide bonds. The molecular formula is C12H16N2O2. The highest BCUT2D eigenvalue weighted by molar-refractivity contribution is 5.74. The fraction of sp³-hybridized carbons (Fsp3) is 0.500. The van der Waals surface area contributed by atoms with Crippen molar-refractivity contribution in [3.05, 3.63) is 23.9 Å². The largest absolute Gasteiger partial charge is 0.372 e. The highest BCUT2D eigenvalue weighted by Crippen LogP contribution is 2.17. The first-order chi connectivity index (χ1) is 7.69. The summed E-state index contributed by atoms with van der Waals surface area (Å²) in [6.45, 7) is 5.81. The van der Waals surface area contributed by atoms with E-state index in [2.05, 4.69) is 23.7 Å². The molecular weight excluding hydrogens is 204 g/mol. The van der Waals surface area contributed by atoms with Gasteiger partial charge in [0.05, 0.1) is 12.2 Å². The van der Waals surface area contributed by atoms with E-state index >= 15 is 0 Å². The molecule has 0 radical (unpaired) electrons. The minimum absolute atomic E-state index is 0.219. The van der Waals surface area contributed by atoms with Gasteiger partial charge >= 0.3 is 0 Å². The first kappa shape index (κ1) is 11.1. The molecule has 2 heterocycles. The molecule has 0 N–H and O–H groups in total. The van der Waals surface area contributed by atoms with Crippen LogP contribution in [0.1, 0.15) is 24.2 Å². The zero-order valence-corrected chi connectivity index (χ0v) is 9.59. The summed E-state index contributed by atoms with van der Waals surface area (Å²) in [5.41, 5.74) is 0.609. The van der Waals surface area contributed by atoms with Crippen molar-refractivity contribution in [1.82, 2.24) is 4.98 Å². The van der Waals surface area contributed by atoms with Gasteiger partial charge in [-0.2, -0.15) is 0 Å². The van der Waals surface area contributed by atoms with E-state index in [9.17, 15) is 4.79 Å². The van der Waals surface area contributed by atoms with Crippen LogP contribution in [0.25, 0.3) is 0 Å². The van der Waals surface area contributed by atoms with Crippen molar-refractivity contribution >= 4 is 12.1 Å². The molecule has 16 heavy (non-hydrogen) atoms. The van der Waals surface area contributed by atoms with Crippen molar-refractivity contribution in [2.45, 2.75) is 26.1 Å². The first-order valence-corrected chi connectivity index (χ1v) is 5.50. The third kappa shape index (κ3) is 2.39. The standard InChI is InChI=1S/C12H16N2O2/c1-9-6-14(7-10(2)16-9)12-4-3-11(8-15)5-13-12/h3-5,8-10H,6-7H2,1-2H3/t9-,10+. The van der Waals surface area contributed by atoms with Crippen molar-refractivity contribution in [3.8, 4) is 0 Å². The molecule has 0 bridgehead atoms. The van der Waals surface area contributed by atoms with Gasteiger partial charge in [0.15, 0.2) is 6.29 Å². The van der Waals surface area contributed by atoms with Crippen LogP contribution in [-0.4, -0.2) is 36.6 Å². The van der Waals surface area contributed by atoms with Crippen LogP contribution in [-0.2, 0) is 4.74 Å². The fourth-order valence-electron chi connectivity index (χ4n) is 2.02. The van der Waals surface area contributed by atoms with Crippen molar-refractivity contribution in [2.24, 2.45) is 0 Å².